The van der Waals surface area contributed by atoms with Crippen molar-refractivity contribution >= 4 is 11.5 Å². The van der Waals surface area contributed by atoms with E-state index in [0.717, 1.165) is 30.6 Å². The number of carbonyl (C=O) groups excluding carboxylic acids is 1. The molecule has 0 aliphatic rings. The van der Waals surface area contributed by atoms with Crippen LogP contribution in [0, 0.1) is 0 Å². The lowest BCUT2D eigenvalue weighted by molar-refractivity contribution is 0.0985. The first-order chi connectivity index (χ1) is 10.3. The van der Waals surface area contributed by atoms with Crippen LogP contribution in [-0.2, 0) is 6.42 Å². The smallest absolute Gasteiger partial charge is 0.164 e. The summed E-state index contributed by atoms with van der Waals surface area (Å²) in [5, 5.41) is 3.37. The number of nitrogens with one attached hydrogen (secondary N) is 1. The zero-order valence-electron chi connectivity index (χ0n) is 12.2. The molecule has 0 fully saturated rings. The number of Topliss-reactive ketones (excluding diaryl/α,β-unsaturated/α-hetero) is 1. The Hall–Kier alpha value is -2.13. The number of ketones is 1. The minimum absolute atomic E-state index is 0.102. The van der Waals surface area contributed by atoms with E-state index in [0.29, 0.717) is 13.0 Å². The minimum Gasteiger partial charge on any atom is -0.385 e. The third-order valence-corrected chi connectivity index (χ3v) is 3.37. The van der Waals surface area contributed by atoms with E-state index in [4.69, 9.17) is 5.73 Å². The summed E-state index contributed by atoms with van der Waals surface area (Å²) in [6.07, 6.45) is 2.52. The van der Waals surface area contributed by atoms with Gasteiger partial charge in [0.1, 0.15) is 0 Å². The van der Waals surface area contributed by atoms with Crippen LogP contribution >= 0.6 is 0 Å². The van der Waals surface area contributed by atoms with E-state index in [9.17, 15) is 4.79 Å². The SMILES string of the molecule is NCCC(=O)c1cccc(NCCCc2ccccc2)c1. The predicted octanol–water partition coefficient (Wildman–Crippen LogP) is 3.26. The molecule has 0 bridgehead atoms. The van der Waals surface area contributed by atoms with Gasteiger partial charge in [-0.15, -0.1) is 0 Å². The van der Waals surface area contributed by atoms with Gasteiger partial charge in [-0.05, 0) is 37.1 Å². The molecule has 0 aromatic heterocycles. The molecule has 3 heteroatoms. The van der Waals surface area contributed by atoms with Crippen LogP contribution in [0.4, 0.5) is 5.69 Å². The highest BCUT2D eigenvalue weighted by molar-refractivity contribution is 5.97. The van der Waals surface area contributed by atoms with Crippen molar-refractivity contribution in [1.82, 2.24) is 0 Å². The van der Waals surface area contributed by atoms with Crippen molar-refractivity contribution in [3.8, 4) is 0 Å². The second kappa shape index (κ2) is 8.22. The molecule has 0 unspecified atom stereocenters. The molecule has 0 aliphatic heterocycles. The normalized spacial score (nSPS) is 10.3. The molecule has 0 heterocycles. The Morgan fingerprint density at radius 2 is 1.86 bits per heavy atom. The van der Waals surface area contributed by atoms with Gasteiger partial charge in [0, 0.05) is 24.2 Å². The number of rotatable bonds is 8. The van der Waals surface area contributed by atoms with Gasteiger partial charge in [-0.25, -0.2) is 0 Å². The molecule has 21 heavy (non-hydrogen) atoms. The molecule has 3 nitrogen and oxygen atoms in total. The number of aryl methyl sites for hydroxylation is 1. The topological polar surface area (TPSA) is 55.1 Å². The van der Waals surface area contributed by atoms with E-state index in [1.165, 1.54) is 5.56 Å². The molecule has 0 aliphatic carbocycles. The van der Waals surface area contributed by atoms with E-state index >= 15 is 0 Å². The van der Waals surface area contributed by atoms with Gasteiger partial charge in [0.25, 0.3) is 0 Å². The summed E-state index contributed by atoms with van der Waals surface area (Å²) in [6.45, 7) is 1.29. The molecule has 2 aromatic carbocycles. The minimum atomic E-state index is 0.102. The van der Waals surface area contributed by atoms with Crippen LogP contribution < -0.4 is 11.1 Å². The van der Waals surface area contributed by atoms with Crippen molar-refractivity contribution in [2.24, 2.45) is 5.73 Å². The molecule has 0 saturated heterocycles. The number of anilines is 1. The molecule has 2 aromatic rings. The monoisotopic (exact) mass is 282 g/mol. The molecule has 0 radical (unpaired) electrons. The van der Waals surface area contributed by atoms with Crippen LogP contribution in [0.5, 0.6) is 0 Å². The molecule has 0 atom stereocenters. The predicted molar refractivity (Wildman–Crippen MR) is 87.7 cm³/mol. The van der Waals surface area contributed by atoms with Crippen LogP contribution in [0.2, 0.25) is 0 Å². The molecular formula is C18H22N2O. The fourth-order valence-corrected chi connectivity index (χ4v) is 2.25. The van der Waals surface area contributed by atoms with Crippen LogP contribution in [0.25, 0.3) is 0 Å². The van der Waals surface area contributed by atoms with Crippen LogP contribution in [-0.4, -0.2) is 18.9 Å². The molecule has 3 N–H and O–H groups in total. The summed E-state index contributed by atoms with van der Waals surface area (Å²) in [5.41, 5.74) is 8.50. The maximum atomic E-state index is 11.8. The summed E-state index contributed by atoms with van der Waals surface area (Å²) in [7, 11) is 0. The lowest BCUT2D eigenvalue weighted by atomic mass is 10.1. The van der Waals surface area contributed by atoms with Crippen molar-refractivity contribution in [2.45, 2.75) is 19.3 Å². The van der Waals surface area contributed by atoms with Gasteiger partial charge in [0.05, 0.1) is 0 Å². The number of hydrogen-bond donors (Lipinski definition) is 2. The first-order valence-corrected chi connectivity index (χ1v) is 7.41. The Kier molecular flexibility index (Phi) is 5.98. The average molecular weight is 282 g/mol. The Balaban J connectivity index is 1.80. The van der Waals surface area contributed by atoms with E-state index in [1.54, 1.807) is 0 Å². The lowest BCUT2D eigenvalue weighted by Gasteiger charge is -2.08. The molecule has 0 amide bonds. The Morgan fingerprint density at radius 1 is 1.05 bits per heavy atom. The van der Waals surface area contributed by atoms with E-state index in [-0.39, 0.29) is 5.78 Å². The molecule has 0 spiro atoms. The molecule has 2 rings (SSSR count). The van der Waals surface area contributed by atoms with Crippen LogP contribution in [0.15, 0.2) is 54.6 Å². The summed E-state index contributed by atoms with van der Waals surface area (Å²) < 4.78 is 0. The van der Waals surface area contributed by atoms with Crippen LogP contribution in [0.3, 0.4) is 0 Å². The second-order valence-electron chi connectivity index (χ2n) is 5.06. The highest BCUT2D eigenvalue weighted by atomic mass is 16.1. The van der Waals surface area contributed by atoms with Gasteiger partial charge in [0.2, 0.25) is 0 Å². The van der Waals surface area contributed by atoms with E-state index in [1.807, 2.05) is 30.3 Å². The molecular weight excluding hydrogens is 260 g/mol. The quantitative estimate of drug-likeness (QED) is 0.577. The van der Waals surface area contributed by atoms with Gasteiger partial charge in [-0.2, -0.15) is 0 Å². The molecule has 110 valence electrons. The van der Waals surface area contributed by atoms with Gasteiger partial charge in [-0.3, -0.25) is 4.79 Å². The maximum Gasteiger partial charge on any atom is 0.164 e. The standard InChI is InChI=1S/C18H22N2O/c19-12-11-18(21)16-9-4-10-17(14-16)20-13-5-8-15-6-2-1-3-7-15/h1-4,6-7,9-10,14,20H,5,8,11-13,19H2. The summed E-state index contributed by atoms with van der Waals surface area (Å²) in [6, 6.07) is 18.1. The fourth-order valence-electron chi connectivity index (χ4n) is 2.25. The first kappa shape index (κ1) is 15.3. The van der Waals surface area contributed by atoms with Crippen molar-refractivity contribution in [2.75, 3.05) is 18.4 Å². The zero-order valence-corrected chi connectivity index (χ0v) is 12.2. The zero-order chi connectivity index (χ0) is 14.9. The Bertz CT molecular complexity index is 566. The van der Waals surface area contributed by atoms with Crippen molar-refractivity contribution < 1.29 is 4.79 Å². The third kappa shape index (κ3) is 5.04. The van der Waals surface area contributed by atoms with Gasteiger partial charge >= 0.3 is 0 Å². The molecule has 0 saturated carbocycles. The lowest BCUT2D eigenvalue weighted by Crippen LogP contribution is -2.09. The number of benzene rings is 2. The number of nitrogens with two attached hydrogens (primary N) is 1. The number of hydrogen-bond acceptors (Lipinski definition) is 3. The van der Waals surface area contributed by atoms with Crippen molar-refractivity contribution in [3.63, 3.8) is 0 Å². The van der Waals surface area contributed by atoms with Gasteiger partial charge in [-0.1, -0.05) is 42.5 Å². The average Bonchev–Trinajstić information content (AvgIpc) is 2.53. The fraction of sp³-hybridized carbons (Fsp3) is 0.278. The summed E-state index contributed by atoms with van der Waals surface area (Å²) in [5.74, 6) is 0.102. The van der Waals surface area contributed by atoms with Gasteiger partial charge < -0.3 is 11.1 Å². The largest absolute Gasteiger partial charge is 0.385 e. The van der Waals surface area contributed by atoms with E-state index in [2.05, 4.69) is 29.6 Å². The van der Waals surface area contributed by atoms with Crippen LogP contribution in [0.1, 0.15) is 28.8 Å². The van der Waals surface area contributed by atoms with Crippen molar-refractivity contribution in [1.29, 1.82) is 0 Å². The highest BCUT2D eigenvalue weighted by Gasteiger charge is 2.04. The second-order valence-corrected chi connectivity index (χ2v) is 5.06. The Labute approximate surface area is 126 Å². The Morgan fingerprint density at radius 3 is 2.62 bits per heavy atom. The first-order valence-electron chi connectivity index (χ1n) is 7.41. The maximum absolute atomic E-state index is 11.8. The summed E-state index contributed by atoms with van der Waals surface area (Å²) in [4.78, 5) is 11.8. The summed E-state index contributed by atoms with van der Waals surface area (Å²) >= 11 is 0. The van der Waals surface area contributed by atoms with Crippen molar-refractivity contribution in [3.05, 3.63) is 65.7 Å². The van der Waals surface area contributed by atoms with E-state index < -0.39 is 0 Å². The highest BCUT2D eigenvalue weighted by Crippen LogP contribution is 2.12. The third-order valence-electron chi connectivity index (χ3n) is 3.37. The van der Waals surface area contributed by atoms with Gasteiger partial charge in [0.15, 0.2) is 5.78 Å². The number of carbonyl (C=O) groups is 1.